The van der Waals surface area contributed by atoms with Crippen molar-refractivity contribution in [2.75, 3.05) is 6.54 Å². The number of hydrogen-bond donors (Lipinski definition) is 0. The molecule has 1 atom stereocenters. The highest BCUT2D eigenvalue weighted by molar-refractivity contribution is 7.13. The maximum atomic E-state index is 5.90. The summed E-state index contributed by atoms with van der Waals surface area (Å²) in [6, 6.07) is 6.90. The van der Waals surface area contributed by atoms with Crippen LogP contribution in [0.5, 0.6) is 0 Å². The SMILES string of the molecule is CC[C@@H]1c2ccsc2CCN1Cc1nc(-c2cccs2)oc1C. The van der Waals surface area contributed by atoms with E-state index < -0.39 is 0 Å². The first kappa shape index (κ1) is 15.1. The van der Waals surface area contributed by atoms with Crippen molar-refractivity contribution in [2.24, 2.45) is 0 Å². The molecule has 0 N–H and O–H groups in total. The molecule has 0 spiro atoms. The summed E-state index contributed by atoms with van der Waals surface area (Å²) in [6.07, 6.45) is 2.29. The summed E-state index contributed by atoms with van der Waals surface area (Å²) in [5.74, 6) is 1.70. The normalized spacial score (nSPS) is 18.3. The van der Waals surface area contributed by atoms with Gasteiger partial charge < -0.3 is 4.42 Å². The van der Waals surface area contributed by atoms with Crippen molar-refractivity contribution < 1.29 is 4.42 Å². The summed E-state index contributed by atoms with van der Waals surface area (Å²) in [6.45, 7) is 6.28. The molecule has 3 nitrogen and oxygen atoms in total. The molecule has 3 aromatic rings. The number of thiophene rings is 2. The number of aryl methyl sites for hydroxylation is 1. The van der Waals surface area contributed by atoms with Gasteiger partial charge in [-0.1, -0.05) is 13.0 Å². The van der Waals surface area contributed by atoms with Crippen LogP contribution in [0.4, 0.5) is 0 Å². The molecular formula is C18H20N2OS2. The predicted molar refractivity (Wildman–Crippen MR) is 96.0 cm³/mol. The minimum Gasteiger partial charge on any atom is -0.440 e. The Kier molecular flexibility index (Phi) is 4.09. The lowest BCUT2D eigenvalue weighted by molar-refractivity contribution is 0.170. The van der Waals surface area contributed by atoms with E-state index in [2.05, 4.69) is 34.7 Å². The van der Waals surface area contributed by atoms with Gasteiger partial charge in [0.05, 0.1) is 10.6 Å². The smallest absolute Gasteiger partial charge is 0.236 e. The van der Waals surface area contributed by atoms with E-state index in [1.165, 1.54) is 5.56 Å². The van der Waals surface area contributed by atoms with Gasteiger partial charge in [0.2, 0.25) is 5.89 Å². The molecule has 4 rings (SSSR count). The molecule has 0 fully saturated rings. The largest absolute Gasteiger partial charge is 0.440 e. The van der Waals surface area contributed by atoms with Gasteiger partial charge >= 0.3 is 0 Å². The summed E-state index contributed by atoms with van der Waals surface area (Å²) < 4.78 is 5.90. The summed E-state index contributed by atoms with van der Waals surface area (Å²) in [5.41, 5.74) is 2.59. The standard InChI is InChI=1S/C18H20N2OS2/c1-3-15-13-7-10-23-16(13)6-8-20(15)11-14-12(2)21-18(19-14)17-5-4-9-22-17/h4-5,7,9-10,15H,3,6,8,11H2,1-2H3/t15-/m1/s1. The molecule has 0 unspecified atom stereocenters. The molecule has 5 heteroatoms. The Morgan fingerprint density at radius 2 is 2.22 bits per heavy atom. The molecule has 3 aromatic heterocycles. The second kappa shape index (κ2) is 6.23. The summed E-state index contributed by atoms with van der Waals surface area (Å²) in [7, 11) is 0. The van der Waals surface area contributed by atoms with E-state index >= 15 is 0 Å². The fourth-order valence-electron chi connectivity index (χ4n) is 3.39. The maximum Gasteiger partial charge on any atom is 0.236 e. The second-order valence-corrected chi connectivity index (χ2v) is 7.89. The number of aromatic nitrogens is 1. The minimum atomic E-state index is 0.506. The van der Waals surface area contributed by atoms with Gasteiger partial charge in [0, 0.05) is 24.0 Å². The van der Waals surface area contributed by atoms with Crippen LogP contribution in [0.3, 0.4) is 0 Å². The van der Waals surface area contributed by atoms with Crippen molar-refractivity contribution in [1.29, 1.82) is 0 Å². The Hall–Kier alpha value is -1.43. The van der Waals surface area contributed by atoms with Crippen molar-refractivity contribution in [3.63, 3.8) is 0 Å². The third-order valence-corrected chi connectivity index (χ3v) is 6.42. The lowest BCUT2D eigenvalue weighted by Crippen LogP contribution is -2.34. The van der Waals surface area contributed by atoms with Crippen molar-refractivity contribution in [1.82, 2.24) is 9.88 Å². The van der Waals surface area contributed by atoms with Crippen LogP contribution < -0.4 is 0 Å². The lowest BCUT2D eigenvalue weighted by atomic mass is 9.97. The number of fused-ring (bicyclic) bond motifs is 1. The Morgan fingerprint density at radius 1 is 1.30 bits per heavy atom. The van der Waals surface area contributed by atoms with E-state index in [4.69, 9.17) is 9.40 Å². The quantitative estimate of drug-likeness (QED) is 0.644. The number of nitrogens with zero attached hydrogens (tertiary/aromatic N) is 2. The molecule has 0 radical (unpaired) electrons. The number of oxazole rings is 1. The van der Waals surface area contributed by atoms with Gasteiger partial charge in [-0.15, -0.1) is 22.7 Å². The zero-order valence-electron chi connectivity index (χ0n) is 13.4. The predicted octanol–water partition coefficient (Wildman–Crippen LogP) is 5.28. The zero-order valence-corrected chi connectivity index (χ0v) is 15.0. The van der Waals surface area contributed by atoms with Crippen LogP contribution in [0.2, 0.25) is 0 Å². The highest BCUT2D eigenvalue weighted by atomic mass is 32.1. The Bertz CT molecular complexity index is 788. The highest BCUT2D eigenvalue weighted by Gasteiger charge is 2.28. The summed E-state index contributed by atoms with van der Waals surface area (Å²) >= 11 is 3.57. The molecule has 0 saturated carbocycles. The lowest BCUT2D eigenvalue weighted by Gasteiger charge is -2.34. The van der Waals surface area contributed by atoms with Gasteiger partial charge in [0.25, 0.3) is 0 Å². The molecule has 1 aliphatic heterocycles. The average Bonchev–Trinajstić information content (AvgIpc) is 3.27. The monoisotopic (exact) mass is 344 g/mol. The fraction of sp³-hybridized carbons (Fsp3) is 0.389. The van der Waals surface area contributed by atoms with Gasteiger partial charge in [-0.2, -0.15) is 0 Å². The highest BCUT2D eigenvalue weighted by Crippen LogP contribution is 2.36. The van der Waals surface area contributed by atoms with E-state index in [-0.39, 0.29) is 0 Å². The van der Waals surface area contributed by atoms with Crippen LogP contribution in [0, 0.1) is 6.92 Å². The Morgan fingerprint density at radius 3 is 3.00 bits per heavy atom. The van der Waals surface area contributed by atoms with E-state index in [1.54, 1.807) is 16.2 Å². The second-order valence-electron chi connectivity index (χ2n) is 5.94. The van der Waals surface area contributed by atoms with Gasteiger partial charge in [0.15, 0.2) is 0 Å². The van der Waals surface area contributed by atoms with Crippen LogP contribution in [-0.4, -0.2) is 16.4 Å². The fourth-order valence-corrected chi connectivity index (χ4v) is 4.97. The third-order valence-electron chi connectivity index (χ3n) is 4.57. The Balaban J connectivity index is 1.59. The van der Waals surface area contributed by atoms with Crippen molar-refractivity contribution in [2.45, 2.75) is 39.3 Å². The van der Waals surface area contributed by atoms with Crippen LogP contribution in [0.1, 0.15) is 41.3 Å². The number of rotatable bonds is 4. The van der Waals surface area contributed by atoms with E-state index in [0.29, 0.717) is 6.04 Å². The van der Waals surface area contributed by atoms with Gasteiger partial charge in [0.1, 0.15) is 5.76 Å². The summed E-state index contributed by atoms with van der Waals surface area (Å²) in [4.78, 5) is 9.98. The molecular weight excluding hydrogens is 324 g/mol. The molecule has 0 aromatic carbocycles. The first-order valence-corrected chi connectivity index (χ1v) is 9.82. The van der Waals surface area contributed by atoms with Gasteiger partial charge in [-0.25, -0.2) is 4.98 Å². The zero-order chi connectivity index (χ0) is 15.8. The topological polar surface area (TPSA) is 29.3 Å². The Labute approximate surface area is 144 Å². The molecule has 0 aliphatic carbocycles. The van der Waals surface area contributed by atoms with Crippen LogP contribution in [0.25, 0.3) is 10.8 Å². The van der Waals surface area contributed by atoms with E-state index in [1.807, 2.05) is 24.3 Å². The van der Waals surface area contributed by atoms with Crippen LogP contribution >= 0.6 is 22.7 Å². The van der Waals surface area contributed by atoms with Crippen molar-refractivity contribution >= 4 is 22.7 Å². The summed E-state index contributed by atoms with van der Waals surface area (Å²) in [5, 5.41) is 4.29. The van der Waals surface area contributed by atoms with Crippen LogP contribution in [0.15, 0.2) is 33.4 Å². The molecule has 0 amide bonds. The minimum absolute atomic E-state index is 0.506. The maximum absolute atomic E-state index is 5.90. The molecule has 4 heterocycles. The van der Waals surface area contributed by atoms with Crippen molar-refractivity contribution in [3.05, 3.63) is 50.9 Å². The first-order chi connectivity index (χ1) is 11.3. The first-order valence-electron chi connectivity index (χ1n) is 8.06. The van der Waals surface area contributed by atoms with Gasteiger partial charge in [-0.3, -0.25) is 4.90 Å². The molecule has 0 saturated heterocycles. The molecule has 1 aliphatic rings. The third kappa shape index (κ3) is 2.77. The van der Waals surface area contributed by atoms with Crippen LogP contribution in [-0.2, 0) is 13.0 Å². The van der Waals surface area contributed by atoms with Gasteiger partial charge in [-0.05, 0) is 48.2 Å². The number of hydrogen-bond acceptors (Lipinski definition) is 5. The van der Waals surface area contributed by atoms with Crippen molar-refractivity contribution in [3.8, 4) is 10.8 Å². The van der Waals surface area contributed by atoms with E-state index in [9.17, 15) is 0 Å². The molecule has 0 bridgehead atoms. The van der Waals surface area contributed by atoms with E-state index in [0.717, 1.165) is 48.2 Å². The molecule has 120 valence electrons. The average molecular weight is 345 g/mol. The molecule has 23 heavy (non-hydrogen) atoms.